The molecule has 0 fully saturated rings. The highest BCUT2D eigenvalue weighted by atomic mass is 19.1. The van der Waals surface area contributed by atoms with Gasteiger partial charge in [0.05, 0.1) is 11.2 Å². The van der Waals surface area contributed by atoms with Gasteiger partial charge >= 0.3 is 0 Å². The maximum Gasteiger partial charge on any atom is 0.129 e. The SMILES string of the molecule is Cc1c(F)cc(-c2c(CC=O)c(C)c3c4c2cc(C)n4CCN3C)cc1F. The Labute approximate surface area is 157 Å². The van der Waals surface area contributed by atoms with Crippen molar-refractivity contribution in [3.05, 3.63) is 52.2 Å². The van der Waals surface area contributed by atoms with Crippen LogP contribution in [-0.4, -0.2) is 24.4 Å². The molecule has 0 unspecified atom stereocenters. The second kappa shape index (κ2) is 6.19. The van der Waals surface area contributed by atoms with Crippen LogP contribution in [0.3, 0.4) is 0 Å². The molecule has 4 rings (SSSR count). The summed E-state index contributed by atoms with van der Waals surface area (Å²) in [5.41, 5.74) is 6.35. The highest BCUT2D eigenvalue weighted by molar-refractivity contribution is 6.07. The number of aryl methyl sites for hydroxylation is 1. The third-order valence-corrected chi connectivity index (χ3v) is 5.81. The normalized spacial score (nSPS) is 13.5. The van der Waals surface area contributed by atoms with Crippen LogP contribution in [0.1, 0.15) is 22.4 Å². The maximum atomic E-state index is 14.3. The quantitative estimate of drug-likeness (QED) is 0.626. The van der Waals surface area contributed by atoms with Gasteiger partial charge < -0.3 is 14.3 Å². The van der Waals surface area contributed by atoms with Crippen LogP contribution in [0, 0.1) is 32.4 Å². The molecule has 0 radical (unpaired) electrons. The summed E-state index contributed by atoms with van der Waals surface area (Å²) >= 11 is 0. The zero-order valence-corrected chi connectivity index (χ0v) is 16.0. The largest absolute Gasteiger partial charge is 0.371 e. The lowest BCUT2D eigenvalue weighted by molar-refractivity contribution is -0.107. The summed E-state index contributed by atoms with van der Waals surface area (Å²) in [6, 6.07) is 4.82. The molecule has 140 valence electrons. The monoisotopic (exact) mass is 368 g/mol. The number of aromatic nitrogens is 1. The molecule has 1 aromatic heterocycles. The van der Waals surface area contributed by atoms with E-state index in [4.69, 9.17) is 0 Å². The van der Waals surface area contributed by atoms with Gasteiger partial charge in [-0.2, -0.15) is 0 Å². The molecule has 3 nitrogen and oxygen atoms in total. The molecule has 1 aliphatic rings. The van der Waals surface area contributed by atoms with Gasteiger partial charge in [-0.3, -0.25) is 0 Å². The number of rotatable bonds is 3. The predicted octanol–water partition coefficient (Wildman–Crippen LogP) is 4.70. The Kier molecular flexibility index (Phi) is 4.06. The Morgan fingerprint density at radius 2 is 1.70 bits per heavy atom. The minimum atomic E-state index is -0.572. The Bertz CT molecular complexity index is 1070. The van der Waals surface area contributed by atoms with E-state index in [1.54, 1.807) is 0 Å². The topological polar surface area (TPSA) is 25.2 Å². The lowest BCUT2D eigenvalue weighted by atomic mass is 9.88. The van der Waals surface area contributed by atoms with Crippen LogP contribution in [0.5, 0.6) is 0 Å². The lowest BCUT2D eigenvalue weighted by Crippen LogP contribution is -2.29. The summed E-state index contributed by atoms with van der Waals surface area (Å²) < 4.78 is 30.9. The number of hydrogen-bond acceptors (Lipinski definition) is 2. The first-order chi connectivity index (χ1) is 12.8. The van der Waals surface area contributed by atoms with Gasteiger partial charge in [0.25, 0.3) is 0 Å². The van der Waals surface area contributed by atoms with Gasteiger partial charge in [-0.25, -0.2) is 8.78 Å². The number of carbonyl (C=O) groups excluding carboxylic acids is 1. The van der Waals surface area contributed by atoms with Crippen molar-refractivity contribution < 1.29 is 13.6 Å². The predicted molar refractivity (Wildman–Crippen MR) is 105 cm³/mol. The molecule has 2 aromatic carbocycles. The summed E-state index contributed by atoms with van der Waals surface area (Å²) in [5, 5.41) is 0.944. The van der Waals surface area contributed by atoms with Crippen molar-refractivity contribution >= 4 is 22.9 Å². The van der Waals surface area contributed by atoms with E-state index in [0.29, 0.717) is 5.56 Å². The zero-order valence-electron chi connectivity index (χ0n) is 16.0. The molecule has 0 atom stereocenters. The number of benzene rings is 2. The fourth-order valence-electron chi connectivity index (χ4n) is 4.37. The van der Waals surface area contributed by atoms with Crippen LogP contribution in [0.15, 0.2) is 18.2 Å². The zero-order chi connectivity index (χ0) is 19.5. The summed E-state index contributed by atoms with van der Waals surface area (Å²) in [7, 11) is 2.04. The van der Waals surface area contributed by atoms with E-state index < -0.39 is 11.6 Å². The molecule has 0 N–H and O–H groups in total. The van der Waals surface area contributed by atoms with Crippen molar-refractivity contribution in [2.24, 2.45) is 0 Å². The molecule has 0 saturated carbocycles. The Morgan fingerprint density at radius 3 is 2.33 bits per heavy atom. The minimum Gasteiger partial charge on any atom is -0.371 e. The smallest absolute Gasteiger partial charge is 0.129 e. The lowest BCUT2D eigenvalue weighted by Gasteiger charge is -2.31. The van der Waals surface area contributed by atoms with Crippen LogP contribution in [0.2, 0.25) is 0 Å². The maximum absolute atomic E-state index is 14.3. The van der Waals surface area contributed by atoms with E-state index in [9.17, 15) is 13.6 Å². The molecule has 0 saturated heterocycles. The van der Waals surface area contributed by atoms with Gasteiger partial charge in [-0.05, 0) is 61.2 Å². The number of carbonyl (C=O) groups is 1. The standard InChI is InChI=1S/C22H22F2N2O/c1-12-9-17-20(15-10-18(23)14(3)19(24)11-15)16(5-8-27)13(2)21-22(17)26(12)7-6-25(21)4/h8-11H,5-7H2,1-4H3. The third kappa shape index (κ3) is 2.48. The molecular weight excluding hydrogens is 346 g/mol. The fourth-order valence-corrected chi connectivity index (χ4v) is 4.37. The van der Waals surface area contributed by atoms with E-state index in [1.165, 1.54) is 19.1 Å². The van der Waals surface area contributed by atoms with Crippen molar-refractivity contribution in [3.8, 4) is 11.1 Å². The number of nitrogens with zero attached hydrogens (tertiary/aromatic N) is 2. The molecular formula is C22H22F2N2O. The molecule has 27 heavy (non-hydrogen) atoms. The second-order valence-electron chi connectivity index (χ2n) is 7.38. The van der Waals surface area contributed by atoms with E-state index in [1.807, 2.05) is 20.9 Å². The Balaban J connectivity index is 2.18. The van der Waals surface area contributed by atoms with Gasteiger partial charge in [-0.15, -0.1) is 0 Å². The molecule has 5 heteroatoms. The average Bonchev–Trinajstić information content (AvgIpc) is 2.95. The molecule has 0 amide bonds. The number of likely N-dealkylation sites (N-methyl/N-ethyl adjacent to an activating group) is 1. The summed E-state index contributed by atoms with van der Waals surface area (Å²) in [6.45, 7) is 7.21. The molecule has 0 bridgehead atoms. The first kappa shape index (κ1) is 17.7. The summed E-state index contributed by atoms with van der Waals surface area (Å²) in [4.78, 5) is 13.6. The van der Waals surface area contributed by atoms with Crippen molar-refractivity contribution in [2.75, 3.05) is 18.5 Å². The van der Waals surface area contributed by atoms with Crippen LogP contribution in [0.4, 0.5) is 14.5 Å². The van der Waals surface area contributed by atoms with Crippen molar-refractivity contribution in [3.63, 3.8) is 0 Å². The van der Waals surface area contributed by atoms with Crippen LogP contribution < -0.4 is 4.90 Å². The fraction of sp³-hybridized carbons (Fsp3) is 0.318. The summed E-state index contributed by atoms with van der Waals surface area (Å²) in [5.74, 6) is -1.14. The van der Waals surface area contributed by atoms with E-state index >= 15 is 0 Å². The van der Waals surface area contributed by atoms with Gasteiger partial charge in [0, 0.05) is 43.2 Å². The van der Waals surface area contributed by atoms with Crippen molar-refractivity contribution in [1.29, 1.82) is 0 Å². The molecule has 0 spiro atoms. The van der Waals surface area contributed by atoms with Gasteiger partial charge in [-0.1, -0.05) is 0 Å². The number of anilines is 1. The van der Waals surface area contributed by atoms with E-state index in [2.05, 4.69) is 15.5 Å². The van der Waals surface area contributed by atoms with E-state index in [0.717, 1.165) is 58.4 Å². The van der Waals surface area contributed by atoms with Crippen LogP contribution in [-0.2, 0) is 17.8 Å². The molecule has 0 aliphatic carbocycles. The van der Waals surface area contributed by atoms with E-state index in [-0.39, 0.29) is 12.0 Å². The van der Waals surface area contributed by atoms with Crippen LogP contribution in [0.25, 0.3) is 22.0 Å². The molecule has 3 aromatic rings. The Hall–Kier alpha value is -2.69. The minimum absolute atomic E-state index is 0.00914. The first-order valence-corrected chi connectivity index (χ1v) is 9.11. The number of hydrogen-bond donors (Lipinski definition) is 0. The number of halogens is 2. The first-order valence-electron chi connectivity index (χ1n) is 9.11. The van der Waals surface area contributed by atoms with Gasteiger partial charge in [0.15, 0.2) is 0 Å². The number of aldehydes is 1. The molecule has 2 heterocycles. The second-order valence-corrected chi connectivity index (χ2v) is 7.38. The van der Waals surface area contributed by atoms with Gasteiger partial charge in [0.2, 0.25) is 0 Å². The third-order valence-electron chi connectivity index (χ3n) is 5.81. The van der Waals surface area contributed by atoms with Gasteiger partial charge in [0.1, 0.15) is 17.9 Å². The van der Waals surface area contributed by atoms with Crippen molar-refractivity contribution in [1.82, 2.24) is 4.57 Å². The highest BCUT2D eigenvalue weighted by Gasteiger charge is 2.27. The molecule has 1 aliphatic heterocycles. The average molecular weight is 368 g/mol. The van der Waals surface area contributed by atoms with Crippen molar-refractivity contribution in [2.45, 2.75) is 33.7 Å². The van der Waals surface area contributed by atoms with Crippen LogP contribution >= 0.6 is 0 Å². The summed E-state index contributed by atoms with van der Waals surface area (Å²) in [6.07, 6.45) is 1.07. The Morgan fingerprint density at radius 1 is 1.04 bits per heavy atom. The highest BCUT2D eigenvalue weighted by Crippen LogP contribution is 2.44.